The van der Waals surface area contributed by atoms with Crippen molar-refractivity contribution < 1.29 is 13.2 Å². The number of hydrogen-bond acceptors (Lipinski definition) is 7. The van der Waals surface area contributed by atoms with Crippen molar-refractivity contribution in [3.05, 3.63) is 51.2 Å². The Morgan fingerprint density at radius 3 is 2.55 bits per heavy atom. The summed E-state index contributed by atoms with van der Waals surface area (Å²) in [6.07, 6.45) is 2.61. The zero-order valence-corrected chi connectivity index (χ0v) is 23.6. The van der Waals surface area contributed by atoms with Gasteiger partial charge in [-0.3, -0.25) is 4.79 Å². The van der Waals surface area contributed by atoms with Crippen LogP contribution >= 0.6 is 0 Å². The molecule has 0 saturated heterocycles. The second-order valence-electron chi connectivity index (χ2n) is 10.2. The molecule has 4 heterocycles. The first-order chi connectivity index (χ1) is 18.2. The molecule has 0 spiro atoms. The minimum atomic E-state index is -3.78. The van der Waals surface area contributed by atoms with Crippen molar-refractivity contribution in [2.24, 2.45) is 0 Å². The summed E-state index contributed by atoms with van der Waals surface area (Å²) < 4.78 is 36.5. The summed E-state index contributed by atoms with van der Waals surface area (Å²) in [5.41, 5.74) is 3.52. The molecular formula is C27H36N6O4S. The van der Waals surface area contributed by atoms with Gasteiger partial charge >= 0.3 is 0 Å². The highest BCUT2D eigenvalue weighted by Gasteiger charge is 2.34. The third kappa shape index (κ3) is 4.56. The van der Waals surface area contributed by atoms with Gasteiger partial charge < -0.3 is 14.6 Å². The quantitative estimate of drug-likeness (QED) is 0.436. The van der Waals surface area contributed by atoms with Crippen LogP contribution in [-0.4, -0.2) is 77.0 Å². The number of nitrogens with zero attached hydrogens (tertiary/aromatic N) is 5. The molecule has 1 aromatic carbocycles. The van der Waals surface area contributed by atoms with E-state index in [1.165, 1.54) is 11.1 Å². The van der Waals surface area contributed by atoms with Gasteiger partial charge in [0.2, 0.25) is 10.0 Å². The van der Waals surface area contributed by atoms with E-state index in [2.05, 4.69) is 35.8 Å². The lowest BCUT2D eigenvalue weighted by atomic mass is 10.0. The Morgan fingerprint density at radius 2 is 1.84 bits per heavy atom. The molecule has 204 valence electrons. The molecule has 2 aliphatic rings. The first kappa shape index (κ1) is 26.6. The standard InChI is InChI=1S/C27H36N6O4S/c1-6-18(7-2)26-28-17(4)24-27(34)29-25(30-33(24)26)22-13-21(9-10-23(22)37-8-3)38(35,36)32-15-19-11-12-31(5)14-20(19)16-32/h9-10,13,18H,6-8,11-12,14-16H2,1-5H3,(H,29,30,34). The van der Waals surface area contributed by atoms with Crippen LogP contribution < -0.4 is 10.3 Å². The predicted molar refractivity (Wildman–Crippen MR) is 146 cm³/mol. The van der Waals surface area contributed by atoms with Gasteiger partial charge in [0.25, 0.3) is 5.56 Å². The molecule has 0 radical (unpaired) electrons. The van der Waals surface area contributed by atoms with Crippen LogP contribution in [0.1, 0.15) is 57.5 Å². The Kier molecular flexibility index (Phi) is 7.19. The number of hydrogen-bond donors (Lipinski definition) is 1. The minimum absolute atomic E-state index is 0.143. The van der Waals surface area contributed by atoms with Crippen LogP contribution in [0.25, 0.3) is 16.9 Å². The molecule has 38 heavy (non-hydrogen) atoms. The van der Waals surface area contributed by atoms with Crippen LogP contribution in [0.3, 0.4) is 0 Å². The number of fused-ring (bicyclic) bond motifs is 1. The number of likely N-dealkylation sites (N-methyl/N-ethyl adjacent to an activating group) is 1. The fraction of sp³-hybridized carbons (Fsp3) is 0.519. The first-order valence-corrected chi connectivity index (χ1v) is 14.8. The predicted octanol–water partition coefficient (Wildman–Crippen LogP) is 3.33. The van der Waals surface area contributed by atoms with Crippen LogP contribution in [0.2, 0.25) is 0 Å². The van der Waals surface area contributed by atoms with Gasteiger partial charge in [-0.05, 0) is 63.9 Å². The highest BCUT2D eigenvalue weighted by Crippen LogP contribution is 2.34. The maximum Gasteiger partial charge on any atom is 0.277 e. The summed E-state index contributed by atoms with van der Waals surface area (Å²) >= 11 is 0. The lowest BCUT2D eigenvalue weighted by Crippen LogP contribution is -2.30. The van der Waals surface area contributed by atoms with Gasteiger partial charge in [0, 0.05) is 32.1 Å². The Labute approximate surface area is 223 Å². The van der Waals surface area contributed by atoms with E-state index >= 15 is 0 Å². The average molecular weight is 541 g/mol. The molecule has 2 aliphatic heterocycles. The summed E-state index contributed by atoms with van der Waals surface area (Å²) in [5, 5.41) is 4.77. The number of ether oxygens (including phenoxy) is 1. The topological polar surface area (TPSA) is 113 Å². The summed E-state index contributed by atoms with van der Waals surface area (Å²) in [6.45, 7) is 10.8. The van der Waals surface area contributed by atoms with E-state index in [0.29, 0.717) is 42.2 Å². The van der Waals surface area contributed by atoms with Crippen LogP contribution in [0, 0.1) is 6.92 Å². The molecule has 3 aromatic rings. The lowest BCUT2D eigenvalue weighted by molar-refractivity contribution is 0.341. The molecule has 0 unspecified atom stereocenters. The van der Waals surface area contributed by atoms with Gasteiger partial charge in [-0.2, -0.15) is 4.31 Å². The number of nitrogens with one attached hydrogen (secondary N) is 1. The van der Waals surface area contributed by atoms with E-state index in [0.717, 1.165) is 38.2 Å². The first-order valence-electron chi connectivity index (χ1n) is 13.3. The molecule has 11 heteroatoms. The highest BCUT2D eigenvalue weighted by atomic mass is 32.2. The van der Waals surface area contributed by atoms with Gasteiger partial charge in [0.1, 0.15) is 11.6 Å². The van der Waals surface area contributed by atoms with Gasteiger partial charge in [-0.25, -0.2) is 17.9 Å². The molecule has 0 atom stereocenters. The maximum absolute atomic E-state index is 13.8. The number of imidazole rings is 1. The molecule has 2 aromatic heterocycles. The molecule has 0 bridgehead atoms. The van der Waals surface area contributed by atoms with Crippen LogP contribution in [-0.2, 0) is 10.0 Å². The summed E-state index contributed by atoms with van der Waals surface area (Å²) in [6, 6.07) is 4.78. The van der Waals surface area contributed by atoms with Crippen molar-refractivity contribution in [1.82, 2.24) is 28.8 Å². The Bertz CT molecular complexity index is 1570. The number of aromatic amines is 1. The van der Waals surface area contributed by atoms with Gasteiger partial charge in [0.15, 0.2) is 11.3 Å². The summed E-state index contributed by atoms with van der Waals surface area (Å²) in [4.78, 5) is 23.1. The van der Waals surface area contributed by atoms with Crippen molar-refractivity contribution in [3.63, 3.8) is 0 Å². The third-order valence-electron chi connectivity index (χ3n) is 7.69. The Morgan fingerprint density at radius 1 is 1.11 bits per heavy atom. The zero-order valence-electron chi connectivity index (χ0n) is 22.7. The fourth-order valence-corrected chi connectivity index (χ4v) is 7.00. The summed E-state index contributed by atoms with van der Waals surface area (Å²) in [7, 11) is -1.72. The van der Waals surface area contributed by atoms with E-state index in [4.69, 9.17) is 9.84 Å². The molecule has 10 nitrogen and oxygen atoms in total. The van der Waals surface area contributed by atoms with E-state index in [1.807, 2.05) is 6.92 Å². The van der Waals surface area contributed by atoms with Crippen molar-refractivity contribution in [2.45, 2.75) is 57.8 Å². The number of rotatable bonds is 8. The fourth-order valence-electron chi connectivity index (χ4n) is 5.54. The van der Waals surface area contributed by atoms with Crippen LogP contribution in [0.15, 0.2) is 39.0 Å². The zero-order chi connectivity index (χ0) is 27.2. The monoisotopic (exact) mass is 540 g/mol. The SMILES string of the molecule is CCOc1ccc(S(=O)(=O)N2CC3=C(CN(C)CC3)C2)cc1-c1nn2c(C(CC)CC)nc(C)c2c(=O)[nH]1. The van der Waals surface area contributed by atoms with Gasteiger partial charge in [-0.15, -0.1) is 5.10 Å². The molecule has 0 fully saturated rings. The van der Waals surface area contributed by atoms with Gasteiger partial charge in [-0.1, -0.05) is 19.4 Å². The highest BCUT2D eigenvalue weighted by molar-refractivity contribution is 7.89. The third-order valence-corrected chi connectivity index (χ3v) is 9.47. The lowest BCUT2D eigenvalue weighted by Gasteiger charge is -2.23. The molecule has 1 N–H and O–H groups in total. The Hall–Kier alpha value is -3.02. The maximum atomic E-state index is 13.8. The van der Waals surface area contributed by atoms with E-state index < -0.39 is 10.0 Å². The normalized spacial score (nSPS) is 17.1. The second kappa shape index (κ2) is 10.3. The number of sulfonamides is 1. The van der Waals surface area contributed by atoms with Crippen molar-refractivity contribution in [1.29, 1.82) is 0 Å². The molecular weight excluding hydrogens is 504 g/mol. The molecule has 0 amide bonds. The smallest absolute Gasteiger partial charge is 0.277 e. The van der Waals surface area contributed by atoms with E-state index in [1.54, 1.807) is 33.9 Å². The van der Waals surface area contributed by atoms with Gasteiger partial charge in [0.05, 0.1) is 22.8 Å². The minimum Gasteiger partial charge on any atom is -0.493 e. The van der Waals surface area contributed by atoms with Crippen molar-refractivity contribution in [2.75, 3.05) is 39.8 Å². The molecule has 0 aliphatic carbocycles. The number of aryl methyl sites for hydroxylation is 1. The number of benzene rings is 1. The van der Waals surface area contributed by atoms with Crippen molar-refractivity contribution >= 4 is 15.5 Å². The van der Waals surface area contributed by atoms with Crippen LogP contribution in [0.4, 0.5) is 0 Å². The largest absolute Gasteiger partial charge is 0.493 e. The van der Waals surface area contributed by atoms with E-state index in [9.17, 15) is 13.2 Å². The van der Waals surface area contributed by atoms with Crippen molar-refractivity contribution in [3.8, 4) is 17.1 Å². The Balaban J connectivity index is 1.60. The number of H-pyrrole nitrogens is 1. The average Bonchev–Trinajstić information content (AvgIpc) is 3.46. The second-order valence-corrected chi connectivity index (χ2v) is 12.1. The summed E-state index contributed by atoms with van der Waals surface area (Å²) in [5.74, 6) is 1.57. The van der Waals surface area contributed by atoms with Crippen LogP contribution in [0.5, 0.6) is 5.75 Å². The molecule has 5 rings (SSSR count). The van der Waals surface area contributed by atoms with E-state index in [-0.39, 0.29) is 22.2 Å². The number of aromatic nitrogens is 4. The molecule has 0 saturated carbocycles.